The predicted molar refractivity (Wildman–Crippen MR) is 83.6 cm³/mol. The zero-order valence-electron chi connectivity index (χ0n) is 14.4. The van der Waals surface area contributed by atoms with Crippen molar-refractivity contribution < 1.29 is 23.8 Å². The molecule has 0 aromatic carbocycles. The first-order chi connectivity index (χ1) is 10.7. The van der Waals surface area contributed by atoms with Gasteiger partial charge in [0.15, 0.2) is 11.6 Å². The van der Waals surface area contributed by atoms with Gasteiger partial charge in [-0.25, -0.2) is 0 Å². The summed E-state index contributed by atoms with van der Waals surface area (Å²) in [6, 6.07) is 0. The number of ether oxygens (including phenoxy) is 3. The summed E-state index contributed by atoms with van der Waals surface area (Å²) in [6.45, 7) is 7.53. The molecule has 1 saturated heterocycles. The third kappa shape index (κ3) is 2.54. The minimum atomic E-state index is -0.758. The molecule has 1 saturated carbocycles. The van der Waals surface area contributed by atoms with Crippen molar-refractivity contribution in [3.63, 3.8) is 0 Å². The van der Waals surface area contributed by atoms with Crippen LogP contribution in [0, 0.1) is 16.7 Å². The van der Waals surface area contributed by atoms with E-state index in [0.717, 1.165) is 24.8 Å². The van der Waals surface area contributed by atoms with Crippen LogP contribution in [0.2, 0.25) is 0 Å². The molecule has 0 unspecified atom stereocenters. The van der Waals surface area contributed by atoms with Gasteiger partial charge < -0.3 is 14.2 Å². The number of fused-ring (bicyclic) bond motifs is 2. The second-order valence-electron chi connectivity index (χ2n) is 8.03. The van der Waals surface area contributed by atoms with Crippen molar-refractivity contribution in [3.8, 4) is 0 Å². The highest BCUT2D eigenvalue weighted by Crippen LogP contribution is 2.57. The highest BCUT2D eigenvalue weighted by molar-refractivity contribution is 6.06. The lowest BCUT2D eigenvalue weighted by Gasteiger charge is -2.57. The number of carbonyl (C=O) groups is 2. The lowest BCUT2D eigenvalue weighted by atomic mass is 9.59. The fraction of sp³-hybridized carbons (Fsp3) is 0.778. The molecule has 0 radical (unpaired) electrons. The van der Waals surface area contributed by atoms with E-state index < -0.39 is 23.1 Å². The quantitative estimate of drug-likeness (QED) is 0.548. The van der Waals surface area contributed by atoms with Gasteiger partial charge in [0.05, 0.1) is 20.3 Å². The van der Waals surface area contributed by atoms with Crippen LogP contribution in [0.5, 0.6) is 0 Å². The van der Waals surface area contributed by atoms with Crippen LogP contribution < -0.4 is 0 Å². The Morgan fingerprint density at radius 3 is 2.52 bits per heavy atom. The van der Waals surface area contributed by atoms with Gasteiger partial charge in [-0.05, 0) is 25.3 Å². The van der Waals surface area contributed by atoms with Gasteiger partial charge >= 0.3 is 5.97 Å². The minimum Gasteiger partial charge on any atom is -0.468 e. The molecular formula is C18H26O5. The molecule has 5 nitrogen and oxygen atoms in total. The Kier molecular flexibility index (Phi) is 3.92. The summed E-state index contributed by atoms with van der Waals surface area (Å²) < 4.78 is 17.4. The Bertz CT molecular complexity index is 552. The first kappa shape index (κ1) is 16.7. The highest BCUT2D eigenvalue weighted by Gasteiger charge is 2.60. The summed E-state index contributed by atoms with van der Waals surface area (Å²) in [7, 11) is 1.32. The van der Waals surface area contributed by atoms with Crippen LogP contribution in [-0.4, -0.2) is 37.9 Å². The van der Waals surface area contributed by atoms with E-state index in [0.29, 0.717) is 19.6 Å². The molecule has 5 heteroatoms. The molecule has 0 N–H and O–H groups in total. The molecule has 2 aliphatic carbocycles. The molecule has 3 rings (SSSR count). The zero-order valence-corrected chi connectivity index (χ0v) is 14.4. The van der Waals surface area contributed by atoms with Gasteiger partial charge in [-0.3, -0.25) is 9.59 Å². The summed E-state index contributed by atoms with van der Waals surface area (Å²) in [6.07, 6.45) is 4.61. The third-order valence-corrected chi connectivity index (χ3v) is 5.65. The van der Waals surface area contributed by atoms with Crippen LogP contribution >= 0.6 is 0 Å². The number of hydrogen-bond acceptors (Lipinski definition) is 5. The van der Waals surface area contributed by atoms with Gasteiger partial charge in [-0.1, -0.05) is 26.3 Å². The number of rotatable bonds is 1. The number of carbonyl (C=O) groups excluding carboxylic acids is 2. The lowest BCUT2D eigenvalue weighted by molar-refractivity contribution is -0.348. The fourth-order valence-electron chi connectivity index (χ4n) is 4.12. The second-order valence-corrected chi connectivity index (χ2v) is 8.03. The number of allylic oxidation sites excluding steroid dienone is 1. The van der Waals surface area contributed by atoms with Crippen molar-refractivity contribution in [2.45, 2.75) is 52.2 Å². The molecule has 0 bridgehead atoms. The van der Waals surface area contributed by atoms with E-state index >= 15 is 0 Å². The number of ketones is 1. The van der Waals surface area contributed by atoms with Crippen LogP contribution in [0.3, 0.4) is 0 Å². The molecule has 2 fully saturated rings. The van der Waals surface area contributed by atoms with Gasteiger partial charge in [0.1, 0.15) is 5.92 Å². The van der Waals surface area contributed by atoms with E-state index in [1.54, 1.807) is 6.08 Å². The molecule has 2 atom stereocenters. The highest BCUT2D eigenvalue weighted by atomic mass is 16.7. The average Bonchev–Trinajstić information content (AvgIpc) is 2.51. The molecule has 0 amide bonds. The standard InChI is InChI=1S/C18H26O5/c1-16(2)10-22-18(23-11-16)7-5-6-12-8-14(19)13(15(20)21-4)9-17(12,18)3/h8,13H,5-7,9-11H2,1-4H3/t13-,17+/m1/s1. The Balaban J connectivity index is 1.97. The van der Waals surface area contributed by atoms with Gasteiger partial charge in [0.25, 0.3) is 0 Å². The van der Waals surface area contributed by atoms with Gasteiger partial charge in [0, 0.05) is 17.3 Å². The third-order valence-electron chi connectivity index (χ3n) is 5.65. The monoisotopic (exact) mass is 322 g/mol. The van der Waals surface area contributed by atoms with Crippen LogP contribution in [0.25, 0.3) is 0 Å². The maximum Gasteiger partial charge on any atom is 0.316 e. The molecule has 1 spiro atoms. The van der Waals surface area contributed by atoms with E-state index in [2.05, 4.69) is 20.8 Å². The van der Waals surface area contributed by atoms with E-state index in [-0.39, 0.29) is 11.2 Å². The summed E-state index contributed by atoms with van der Waals surface area (Å²) in [5.74, 6) is -2.12. The van der Waals surface area contributed by atoms with Crippen LogP contribution in [-0.2, 0) is 23.8 Å². The van der Waals surface area contributed by atoms with Crippen LogP contribution in [0.4, 0.5) is 0 Å². The fourth-order valence-corrected chi connectivity index (χ4v) is 4.12. The first-order valence-electron chi connectivity index (χ1n) is 8.34. The molecule has 0 aromatic heterocycles. The zero-order chi connectivity index (χ0) is 16.9. The normalized spacial score (nSPS) is 35.4. The summed E-state index contributed by atoms with van der Waals surface area (Å²) in [5, 5.41) is 0. The molecule has 1 heterocycles. The molecule has 3 aliphatic rings. The van der Waals surface area contributed by atoms with Crippen LogP contribution in [0.1, 0.15) is 46.5 Å². The average molecular weight is 322 g/mol. The van der Waals surface area contributed by atoms with E-state index in [1.165, 1.54) is 7.11 Å². The molecule has 23 heavy (non-hydrogen) atoms. The predicted octanol–water partition coefficient (Wildman–Crippen LogP) is 2.63. The molecule has 1 aliphatic heterocycles. The lowest BCUT2D eigenvalue weighted by Crippen LogP contribution is -2.61. The SMILES string of the molecule is COC(=O)[C@@H]1C[C@@]2(C)C(=CC1=O)CCCC21OCC(C)(C)CO1. The van der Waals surface area contributed by atoms with Crippen molar-refractivity contribution in [2.75, 3.05) is 20.3 Å². The number of methoxy groups -OCH3 is 1. The minimum absolute atomic E-state index is 0.0187. The largest absolute Gasteiger partial charge is 0.468 e. The second kappa shape index (κ2) is 5.42. The maximum atomic E-state index is 12.3. The molecule has 128 valence electrons. The van der Waals surface area contributed by atoms with Gasteiger partial charge in [-0.15, -0.1) is 0 Å². The van der Waals surface area contributed by atoms with Gasteiger partial charge in [0.2, 0.25) is 0 Å². The number of esters is 1. The summed E-state index contributed by atoms with van der Waals surface area (Å²) in [4.78, 5) is 24.3. The van der Waals surface area contributed by atoms with Crippen molar-refractivity contribution in [2.24, 2.45) is 16.7 Å². The van der Waals surface area contributed by atoms with Crippen LogP contribution in [0.15, 0.2) is 11.6 Å². The summed E-state index contributed by atoms with van der Waals surface area (Å²) in [5.41, 5.74) is 0.567. The van der Waals surface area contributed by atoms with Gasteiger partial charge in [-0.2, -0.15) is 0 Å². The van der Waals surface area contributed by atoms with E-state index in [4.69, 9.17) is 14.2 Å². The molecule has 0 aromatic rings. The summed E-state index contributed by atoms with van der Waals surface area (Å²) >= 11 is 0. The Morgan fingerprint density at radius 1 is 1.26 bits per heavy atom. The Morgan fingerprint density at radius 2 is 1.91 bits per heavy atom. The van der Waals surface area contributed by atoms with Crippen molar-refractivity contribution in [3.05, 3.63) is 11.6 Å². The maximum absolute atomic E-state index is 12.3. The topological polar surface area (TPSA) is 61.8 Å². The van der Waals surface area contributed by atoms with Crippen molar-refractivity contribution in [1.82, 2.24) is 0 Å². The Hall–Kier alpha value is -1.20. The smallest absolute Gasteiger partial charge is 0.316 e. The number of hydrogen-bond donors (Lipinski definition) is 0. The first-order valence-corrected chi connectivity index (χ1v) is 8.34. The molecular weight excluding hydrogens is 296 g/mol. The van der Waals surface area contributed by atoms with Crippen molar-refractivity contribution >= 4 is 11.8 Å². The Labute approximate surface area is 137 Å². The van der Waals surface area contributed by atoms with E-state index in [9.17, 15) is 9.59 Å². The van der Waals surface area contributed by atoms with E-state index in [1.807, 2.05) is 0 Å². The van der Waals surface area contributed by atoms with Crippen molar-refractivity contribution in [1.29, 1.82) is 0 Å².